The SMILES string of the molecule is CC(C)CC(NC(=O)c1ccc(-c2cnco2)cc1)C(=O)N1CCC2C1C(=O)CN2S(=O)(=O)Cc1ccccn1. The van der Waals surface area contributed by atoms with Crippen LogP contribution < -0.4 is 5.32 Å². The Morgan fingerprint density at radius 1 is 1.15 bits per heavy atom. The van der Waals surface area contributed by atoms with Crippen LogP contribution in [0, 0.1) is 5.92 Å². The van der Waals surface area contributed by atoms with Gasteiger partial charge in [0, 0.05) is 23.9 Å². The van der Waals surface area contributed by atoms with Gasteiger partial charge in [0.2, 0.25) is 15.9 Å². The van der Waals surface area contributed by atoms with E-state index in [0.717, 1.165) is 5.56 Å². The molecule has 1 aromatic carbocycles. The molecule has 3 unspecified atom stereocenters. The monoisotopic (exact) mass is 565 g/mol. The Morgan fingerprint density at radius 3 is 2.58 bits per heavy atom. The van der Waals surface area contributed by atoms with Crippen LogP contribution in [0.15, 0.2) is 65.7 Å². The highest BCUT2D eigenvalue weighted by atomic mass is 32.2. The van der Waals surface area contributed by atoms with Crippen LogP contribution in [0.25, 0.3) is 11.3 Å². The van der Waals surface area contributed by atoms with E-state index in [9.17, 15) is 22.8 Å². The van der Waals surface area contributed by atoms with Gasteiger partial charge in [-0.2, -0.15) is 4.31 Å². The van der Waals surface area contributed by atoms with Gasteiger partial charge in [0.05, 0.1) is 24.5 Å². The first-order chi connectivity index (χ1) is 19.1. The molecule has 0 saturated carbocycles. The number of hydrogen-bond donors (Lipinski definition) is 1. The number of pyridine rings is 1. The topological polar surface area (TPSA) is 143 Å². The lowest BCUT2D eigenvalue weighted by Crippen LogP contribution is -2.53. The number of likely N-dealkylation sites (tertiary alicyclic amines) is 1. The van der Waals surface area contributed by atoms with E-state index in [4.69, 9.17) is 4.42 Å². The summed E-state index contributed by atoms with van der Waals surface area (Å²) in [6.07, 6.45) is 5.13. The number of aromatic nitrogens is 2. The average Bonchev–Trinajstić information content (AvgIpc) is 3.67. The smallest absolute Gasteiger partial charge is 0.251 e. The molecule has 1 N–H and O–H groups in total. The lowest BCUT2D eigenvalue weighted by molar-refractivity contribution is -0.138. The van der Waals surface area contributed by atoms with Crippen molar-refractivity contribution in [3.8, 4) is 11.3 Å². The highest BCUT2D eigenvalue weighted by Crippen LogP contribution is 2.33. The van der Waals surface area contributed by atoms with Gasteiger partial charge in [-0.25, -0.2) is 13.4 Å². The molecule has 2 aliphatic rings. The lowest BCUT2D eigenvalue weighted by atomic mass is 10.0. The Morgan fingerprint density at radius 2 is 1.93 bits per heavy atom. The number of carbonyl (C=O) groups excluding carboxylic acids is 3. The summed E-state index contributed by atoms with van der Waals surface area (Å²) in [6.45, 7) is 3.83. The van der Waals surface area contributed by atoms with Gasteiger partial charge in [-0.15, -0.1) is 0 Å². The van der Waals surface area contributed by atoms with Crippen molar-refractivity contribution in [2.75, 3.05) is 13.1 Å². The van der Waals surface area contributed by atoms with Gasteiger partial charge in [0.15, 0.2) is 17.9 Å². The summed E-state index contributed by atoms with van der Waals surface area (Å²) in [6, 6.07) is 9.40. The molecular formula is C28H31N5O6S. The van der Waals surface area contributed by atoms with Crippen LogP contribution in [0.3, 0.4) is 0 Å². The van der Waals surface area contributed by atoms with Crippen LogP contribution in [-0.2, 0) is 25.4 Å². The first kappa shape index (κ1) is 27.7. The third-order valence-electron chi connectivity index (χ3n) is 7.25. The number of sulfonamides is 1. The number of rotatable bonds is 9. The quantitative estimate of drug-likeness (QED) is 0.416. The van der Waals surface area contributed by atoms with E-state index < -0.39 is 34.1 Å². The second-order valence-corrected chi connectivity index (χ2v) is 12.4. The van der Waals surface area contributed by atoms with Gasteiger partial charge in [-0.05, 0) is 43.0 Å². The van der Waals surface area contributed by atoms with Gasteiger partial charge < -0.3 is 14.6 Å². The summed E-state index contributed by atoms with van der Waals surface area (Å²) < 4.78 is 32.9. The van der Waals surface area contributed by atoms with Crippen molar-refractivity contribution < 1.29 is 27.2 Å². The largest absolute Gasteiger partial charge is 0.444 e. The number of benzene rings is 1. The Bertz CT molecular complexity index is 1480. The van der Waals surface area contributed by atoms with Crippen LogP contribution in [0.1, 0.15) is 42.7 Å². The number of nitrogens with zero attached hydrogens (tertiary/aromatic N) is 4. The fourth-order valence-electron chi connectivity index (χ4n) is 5.41. The minimum atomic E-state index is -3.83. The maximum atomic E-state index is 13.8. The van der Waals surface area contributed by atoms with Crippen molar-refractivity contribution in [1.82, 2.24) is 24.5 Å². The molecule has 4 heterocycles. The number of fused-ring (bicyclic) bond motifs is 1. The molecule has 0 aliphatic carbocycles. The summed E-state index contributed by atoms with van der Waals surface area (Å²) in [5.74, 6) is -0.796. The normalized spacial score (nSPS) is 20.1. The molecule has 0 spiro atoms. The van der Waals surface area contributed by atoms with Gasteiger partial charge in [-0.1, -0.05) is 32.0 Å². The molecule has 210 valence electrons. The van der Waals surface area contributed by atoms with Gasteiger partial charge >= 0.3 is 0 Å². The highest BCUT2D eigenvalue weighted by molar-refractivity contribution is 7.88. The molecule has 2 aromatic heterocycles. The number of ketones is 1. The Kier molecular flexibility index (Phi) is 7.81. The third-order valence-corrected chi connectivity index (χ3v) is 9.02. The summed E-state index contributed by atoms with van der Waals surface area (Å²) >= 11 is 0. The molecule has 3 atom stereocenters. The van der Waals surface area contributed by atoms with Crippen molar-refractivity contribution in [2.45, 2.75) is 50.6 Å². The number of hydrogen-bond acceptors (Lipinski definition) is 8. The molecule has 2 amide bonds. The van der Waals surface area contributed by atoms with E-state index in [1.807, 2.05) is 13.8 Å². The predicted octanol–water partition coefficient (Wildman–Crippen LogP) is 2.27. The predicted molar refractivity (Wildman–Crippen MR) is 145 cm³/mol. The number of carbonyl (C=O) groups is 3. The molecule has 11 nitrogen and oxygen atoms in total. The van der Waals surface area contributed by atoms with Crippen LogP contribution in [0.2, 0.25) is 0 Å². The van der Waals surface area contributed by atoms with Crippen LogP contribution in [-0.4, -0.2) is 76.4 Å². The van der Waals surface area contributed by atoms with Gasteiger partial charge in [0.25, 0.3) is 5.91 Å². The molecular weight excluding hydrogens is 534 g/mol. The molecule has 0 bridgehead atoms. The second-order valence-electron chi connectivity index (χ2n) is 10.5. The number of nitrogens with one attached hydrogen (secondary N) is 1. The summed E-state index contributed by atoms with van der Waals surface area (Å²) in [5.41, 5.74) is 1.51. The van der Waals surface area contributed by atoms with E-state index >= 15 is 0 Å². The molecule has 0 radical (unpaired) electrons. The van der Waals surface area contributed by atoms with E-state index in [-0.39, 0.29) is 36.5 Å². The van der Waals surface area contributed by atoms with Crippen molar-refractivity contribution in [1.29, 1.82) is 0 Å². The maximum absolute atomic E-state index is 13.8. The van der Waals surface area contributed by atoms with E-state index in [1.54, 1.807) is 48.7 Å². The summed E-state index contributed by atoms with van der Waals surface area (Å²) in [5, 5.41) is 2.85. The fraction of sp³-hybridized carbons (Fsp3) is 0.393. The van der Waals surface area contributed by atoms with Gasteiger partial charge in [0.1, 0.15) is 17.8 Å². The minimum absolute atomic E-state index is 0.0796. The molecule has 5 rings (SSSR count). The fourth-order valence-corrected chi connectivity index (χ4v) is 7.08. The first-order valence-corrected chi connectivity index (χ1v) is 14.8. The molecule has 12 heteroatoms. The summed E-state index contributed by atoms with van der Waals surface area (Å²) in [7, 11) is -3.83. The minimum Gasteiger partial charge on any atom is -0.444 e. The number of Topliss-reactive ketones (excluding diaryl/α,β-unsaturated/α-hetero) is 1. The van der Waals surface area contributed by atoms with Crippen molar-refractivity contribution >= 4 is 27.6 Å². The zero-order valence-electron chi connectivity index (χ0n) is 22.3. The standard InChI is InChI=1S/C28H31N5O6S/c1-18(2)13-22(31-27(35)20-8-6-19(7-9-20)25-14-29-17-39-25)28(36)32-12-10-23-26(32)24(34)15-33(23)40(37,38)16-21-5-3-4-11-30-21/h3-9,11,14,17-18,22-23,26H,10,12-13,15-16H2,1-2H3,(H,31,35). The van der Waals surface area contributed by atoms with E-state index in [2.05, 4.69) is 15.3 Å². The first-order valence-electron chi connectivity index (χ1n) is 13.2. The number of oxazole rings is 1. The van der Waals surface area contributed by atoms with Crippen LogP contribution in [0.4, 0.5) is 0 Å². The lowest BCUT2D eigenvalue weighted by Gasteiger charge is -2.29. The van der Waals surface area contributed by atoms with Crippen molar-refractivity contribution in [2.24, 2.45) is 5.92 Å². The Labute approximate surface area is 232 Å². The molecule has 40 heavy (non-hydrogen) atoms. The highest BCUT2D eigenvalue weighted by Gasteiger charge is 2.54. The Hall–Kier alpha value is -3.90. The molecule has 2 saturated heterocycles. The van der Waals surface area contributed by atoms with Crippen molar-refractivity contribution in [3.63, 3.8) is 0 Å². The zero-order valence-corrected chi connectivity index (χ0v) is 23.1. The molecule has 2 aliphatic heterocycles. The molecule has 3 aromatic rings. The second kappa shape index (κ2) is 11.3. The summed E-state index contributed by atoms with van der Waals surface area (Å²) in [4.78, 5) is 49.4. The van der Waals surface area contributed by atoms with Gasteiger partial charge in [-0.3, -0.25) is 19.4 Å². The average molecular weight is 566 g/mol. The zero-order chi connectivity index (χ0) is 28.4. The van der Waals surface area contributed by atoms with Crippen LogP contribution in [0.5, 0.6) is 0 Å². The number of amides is 2. The van der Waals surface area contributed by atoms with E-state index in [1.165, 1.54) is 21.8 Å². The molecule has 2 fully saturated rings. The van der Waals surface area contributed by atoms with E-state index in [0.29, 0.717) is 29.9 Å². The Balaban J connectivity index is 1.30. The van der Waals surface area contributed by atoms with Crippen molar-refractivity contribution in [3.05, 3.63) is 72.5 Å². The van der Waals surface area contributed by atoms with Crippen LogP contribution >= 0.6 is 0 Å². The maximum Gasteiger partial charge on any atom is 0.251 e. The third kappa shape index (κ3) is 5.68.